The number of carbonyl (C=O) groups excluding carboxylic acids is 1. The lowest BCUT2D eigenvalue weighted by molar-refractivity contribution is 0.0634. The summed E-state index contributed by atoms with van der Waals surface area (Å²) in [6.07, 6.45) is 4.67. The predicted octanol–water partition coefficient (Wildman–Crippen LogP) is 4.73. The van der Waals surface area contributed by atoms with Crippen molar-refractivity contribution in [3.05, 3.63) is 35.9 Å². The summed E-state index contributed by atoms with van der Waals surface area (Å²) in [4.78, 5) is 14.2. The van der Waals surface area contributed by atoms with Gasteiger partial charge in [-0.1, -0.05) is 58.0 Å². The molecule has 0 radical (unpaired) electrons. The number of carbonyl (C=O) groups is 1. The summed E-state index contributed by atoms with van der Waals surface area (Å²) in [5.41, 5.74) is 1.99. The summed E-state index contributed by atoms with van der Waals surface area (Å²) in [5, 5.41) is 0. The van der Waals surface area contributed by atoms with E-state index >= 15 is 0 Å². The highest BCUT2D eigenvalue weighted by atomic mass is 16.6. The van der Waals surface area contributed by atoms with E-state index in [-0.39, 0.29) is 12.2 Å². The van der Waals surface area contributed by atoms with Crippen molar-refractivity contribution in [2.24, 2.45) is 11.8 Å². The van der Waals surface area contributed by atoms with Crippen LogP contribution in [0.3, 0.4) is 0 Å². The van der Waals surface area contributed by atoms with Gasteiger partial charge in [-0.05, 0) is 29.9 Å². The first-order valence-corrected chi connectivity index (χ1v) is 7.72. The first-order valence-electron chi connectivity index (χ1n) is 7.72. The Morgan fingerprint density at radius 2 is 1.95 bits per heavy atom. The molecule has 3 heteroatoms. The number of fused-ring (bicyclic) bond motifs is 1. The first kappa shape index (κ1) is 15.6. The van der Waals surface area contributed by atoms with Gasteiger partial charge in [0, 0.05) is 6.54 Å². The van der Waals surface area contributed by atoms with Crippen LogP contribution in [0.2, 0.25) is 0 Å². The quantitative estimate of drug-likeness (QED) is 0.801. The summed E-state index contributed by atoms with van der Waals surface area (Å²) in [5.74, 6) is 0.839. The van der Waals surface area contributed by atoms with Gasteiger partial charge in [-0.2, -0.15) is 0 Å². The van der Waals surface area contributed by atoms with Crippen molar-refractivity contribution in [1.82, 2.24) is 0 Å². The standard InChI is InChI=1S/C18H25NO2/c1-13(2)12-17(14(3)4)21-18(20)19-11-7-9-15-8-5-6-10-16(15)19/h5-10,13-14,17H,11-12H2,1-4H3. The summed E-state index contributed by atoms with van der Waals surface area (Å²) in [7, 11) is 0. The Labute approximate surface area is 127 Å². The van der Waals surface area contributed by atoms with Gasteiger partial charge in [-0.15, -0.1) is 0 Å². The molecule has 1 aromatic carbocycles. The molecule has 0 saturated carbocycles. The van der Waals surface area contributed by atoms with E-state index in [4.69, 9.17) is 4.74 Å². The largest absolute Gasteiger partial charge is 0.446 e. The summed E-state index contributed by atoms with van der Waals surface area (Å²) in [6.45, 7) is 9.08. The van der Waals surface area contributed by atoms with Crippen LogP contribution in [0.25, 0.3) is 6.08 Å². The Hall–Kier alpha value is -1.77. The minimum Gasteiger partial charge on any atom is -0.446 e. The highest BCUT2D eigenvalue weighted by Crippen LogP contribution is 2.27. The number of rotatable bonds is 4. The molecule has 2 rings (SSSR count). The zero-order valence-corrected chi connectivity index (χ0v) is 13.4. The van der Waals surface area contributed by atoms with Crippen LogP contribution in [-0.4, -0.2) is 18.7 Å². The third-order valence-electron chi connectivity index (χ3n) is 3.73. The number of amides is 1. The van der Waals surface area contributed by atoms with Crippen LogP contribution < -0.4 is 4.90 Å². The molecule has 0 spiro atoms. The molecule has 0 N–H and O–H groups in total. The Morgan fingerprint density at radius 1 is 1.24 bits per heavy atom. The molecule has 0 bridgehead atoms. The average Bonchev–Trinajstić information content (AvgIpc) is 2.45. The SMILES string of the molecule is CC(C)CC(OC(=O)N1CC=Cc2ccccc21)C(C)C. The fourth-order valence-corrected chi connectivity index (χ4v) is 2.54. The van der Waals surface area contributed by atoms with Gasteiger partial charge < -0.3 is 4.74 Å². The summed E-state index contributed by atoms with van der Waals surface area (Å²) in [6, 6.07) is 7.91. The lowest BCUT2D eigenvalue weighted by Crippen LogP contribution is -2.37. The van der Waals surface area contributed by atoms with E-state index in [2.05, 4.69) is 27.7 Å². The molecular formula is C18H25NO2. The van der Waals surface area contributed by atoms with Crippen LogP contribution in [0.1, 0.15) is 39.7 Å². The fraction of sp³-hybridized carbons (Fsp3) is 0.500. The molecule has 3 nitrogen and oxygen atoms in total. The Morgan fingerprint density at radius 3 is 2.62 bits per heavy atom. The Bertz CT molecular complexity index is 520. The van der Waals surface area contributed by atoms with Gasteiger partial charge in [0.05, 0.1) is 5.69 Å². The Kier molecular flexibility index (Phi) is 5.05. The van der Waals surface area contributed by atoms with Gasteiger partial charge >= 0.3 is 6.09 Å². The average molecular weight is 287 g/mol. The van der Waals surface area contributed by atoms with Crippen molar-refractivity contribution < 1.29 is 9.53 Å². The molecule has 1 aliphatic rings. The van der Waals surface area contributed by atoms with Crippen LogP contribution in [0.4, 0.5) is 10.5 Å². The molecule has 1 amide bonds. The zero-order valence-electron chi connectivity index (χ0n) is 13.4. The second-order valence-corrected chi connectivity index (χ2v) is 6.37. The van der Waals surface area contributed by atoms with Gasteiger partial charge in [0.2, 0.25) is 0 Å². The highest BCUT2D eigenvalue weighted by Gasteiger charge is 2.25. The lowest BCUT2D eigenvalue weighted by Gasteiger charge is -2.29. The van der Waals surface area contributed by atoms with Crippen LogP contribution in [0, 0.1) is 11.8 Å². The smallest absolute Gasteiger partial charge is 0.414 e. The maximum absolute atomic E-state index is 12.5. The van der Waals surface area contributed by atoms with Crippen molar-refractivity contribution in [3.8, 4) is 0 Å². The maximum Gasteiger partial charge on any atom is 0.414 e. The number of hydrogen-bond acceptors (Lipinski definition) is 2. The van der Waals surface area contributed by atoms with Crippen molar-refractivity contribution in [3.63, 3.8) is 0 Å². The van der Waals surface area contributed by atoms with E-state index in [0.717, 1.165) is 17.7 Å². The van der Waals surface area contributed by atoms with Crippen molar-refractivity contribution >= 4 is 17.9 Å². The van der Waals surface area contributed by atoms with Crippen molar-refractivity contribution in [1.29, 1.82) is 0 Å². The van der Waals surface area contributed by atoms with E-state index in [1.807, 2.05) is 36.4 Å². The molecule has 1 aliphatic heterocycles. The molecule has 1 aromatic rings. The van der Waals surface area contributed by atoms with Crippen molar-refractivity contribution in [2.45, 2.75) is 40.2 Å². The van der Waals surface area contributed by atoms with Gasteiger partial charge in [-0.25, -0.2) is 4.79 Å². The molecule has 1 atom stereocenters. The number of nitrogens with zero attached hydrogens (tertiary/aromatic N) is 1. The number of benzene rings is 1. The summed E-state index contributed by atoms with van der Waals surface area (Å²) >= 11 is 0. The Balaban J connectivity index is 2.11. The van der Waals surface area contributed by atoms with Gasteiger partial charge in [0.25, 0.3) is 0 Å². The topological polar surface area (TPSA) is 29.5 Å². The highest BCUT2D eigenvalue weighted by molar-refractivity contribution is 5.92. The molecule has 1 heterocycles. The van der Waals surface area contributed by atoms with Crippen LogP contribution in [-0.2, 0) is 4.74 Å². The van der Waals surface area contributed by atoms with E-state index in [1.165, 1.54) is 0 Å². The second kappa shape index (κ2) is 6.79. The van der Waals surface area contributed by atoms with E-state index in [1.54, 1.807) is 4.90 Å². The monoisotopic (exact) mass is 287 g/mol. The van der Waals surface area contributed by atoms with Crippen LogP contribution >= 0.6 is 0 Å². The fourth-order valence-electron chi connectivity index (χ4n) is 2.54. The molecule has 0 aromatic heterocycles. The number of para-hydroxylation sites is 1. The van der Waals surface area contributed by atoms with Gasteiger partial charge in [-0.3, -0.25) is 4.90 Å². The maximum atomic E-state index is 12.5. The zero-order chi connectivity index (χ0) is 15.4. The molecule has 21 heavy (non-hydrogen) atoms. The number of ether oxygens (including phenoxy) is 1. The molecule has 0 aliphatic carbocycles. The van der Waals surface area contributed by atoms with Crippen molar-refractivity contribution in [2.75, 3.05) is 11.4 Å². The summed E-state index contributed by atoms with van der Waals surface area (Å²) < 4.78 is 5.77. The molecule has 0 saturated heterocycles. The lowest BCUT2D eigenvalue weighted by atomic mass is 9.97. The van der Waals surface area contributed by atoms with E-state index in [0.29, 0.717) is 18.4 Å². The van der Waals surface area contributed by atoms with Gasteiger partial charge in [0.15, 0.2) is 0 Å². The molecule has 0 fully saturated rings. The van der Waals surface area contributed by atoms with E-state index in [9.17, 15) is 4.79 Å². The van der Waals surface area contributed by atoms with Gasteiger partial charge in [0.1, 0.15) is 6.10 Å². The third-order valence-corrected chi connectivity index (χ3v) is 3.73. The molecule has 1 unspecified atom stereocenters. The minimum absolute atomic E-state index is 0.0319. The molecule has 114 valence electrons. The number of anilines is 1. The first-order chi connectivity index (χ1) is 9.99. The van der Waals surface area contributed by atoms with Crippen LogP contribution in [0.15, 0.2) is 30.3 Å². The number of hydrogen-bond donors (Lipinski definition) is 0. The molecular weight excluding hydrogens is 262 g/mol. The minimum atomic E-state index is -0.244. The second-order valence-electron chi connectivity index (χ2n) is 6.37. The third kappa shape index (κ3) is 3.87. The van der Waals surface area contributed by atoms with E-state index < -0.39 is 0 Å². The normalized spacial score (nSPS) is 15.2. The predicted molar refractivity (Wildman–Crippen MR) is 87.4 cm³/mol. The van der Waals surface area contributed by atoms with Crippen LogP contribution in [0.5, 0.6) is 0 Å².